The molecule has 4 aromatic rings. The van der Waals surface area contributed by atoms with Crippen LogP contribution in [0.4, 0.5) is 4.39 Å². The lowest BCUT2D eigenvalue weighted by Gasteiger charge is -2.39. The van der Waals surface area contributed by atoms with Crippen LogP contribution >= 0.6 is 11.6 Å². The molecule has 2 aromatic carbocycles. The second-order valence-corrected chi connectivity index (χ2v) is 10.5. The van der Waals surface area contributed by atoms with E-state index in [2.05, 4.69) is 14.5 Å². The lowest BCUT2D eigenvalue weighted by Crippen LogP contribution is -2.46. The van der Waals surface area contributed by atoms with Crippen LogP contribution in [0.5, 0.6) is 5.88 Å². The Bertz CT molecular complexity index is 1520. The summed E-state index contributed by atoms with van der Waals surface area (Å²) in [6.07, 6.45) is 1.88. The Labute approximate surface area is 229 Å². The molecule has 2 aliphatic heterocycles. The Balaban J connectivity index is 1.07. The number of carboxylic acid groups (broad SMARTS) is 1. The van der Waals surface area contributed by atoms with E-state index >= 15 is 0 Å². The monoisotopic (exact) mass is 550 g/mol. The summed E-state index contributed by atoms with van der Waals surface area (Å²) in [6, 6.07) is 15.3. The summed E-state index contributed by atoms with van der Waals surface area (Å²) >= 11 is 5.83. The van der Waals surface area contributed by atoms with Crippen molar-refractivity contribution in [3.05, 3.63) is 88.1 Å². The van der Waals surface area contributed by atoms with Gasteiger partial charge >= 0.3 is 5.97 Å². The minimum atomic E-state index is -0.946. The zero-order valence-electron chi connectivity index (χ0n) is 21.2. The van der Waals surface area contributed by atoms with Crippen LogP contribution in [0.2, 0.25) is 5.02 Å². The number of benzene rings is 2. The van der Waals surface area contributed by atoms with E-state index in [0.717, 1.165) is 61.6 Å². The quantitative estimate of drug-likeness (QED) is 0.299. The van der Waals surface area contributed by atoms with E-state index in [-0.39, 0.29) is 18.3 Å². The van der Waals surface area contributed by atoms with Gasteiger partial charge < -0.3 is 24.0 Å². The van der Waals surface area contributed by atoms with Crippen molar-refractivity contribution in [2.75, 3.05) is 26.2 Å². The molecule has 10 heteroatoms. The molecule has 4 heterocycles. The number of halogens is 2. The highest BCUT2D eigenvalue weighted by Crippen LogP contribution is 2.28. The van der Waals surface area contributed by atoms with E-state index in [1.165, 1.54) is 6.07 Å². The first-order valence-electron chi connectivity index (χ1n) is 13.0. The van der Waals surface area contributed by atoms with Crippen LogP contribution in [0.1, 0.15) is 39.8 Å². The molecule has 2 saturated heterocycles. The molecule has 2 aromatic heterocycles. The van der Waals surface area contributed by atoms with E-state index in [1.807, 2.05) is 12.1 Å². The first-order valence-corrected chi connectivity index (χ1v) is 13.4. The van der Waals surface area contributed by atoms with Gasteiger partial charge in [-0.1, -0.05) is 23.7 Å². The molecule has 1 atom stereocenters. The molecular weight excluding hydrogens is 523 g/mol. The number of aromatic nitrogens is 3. The van der Waals surface area contributed by atoms with E-state index < -0.39 is 11.8 Å². The van der Waals surface area contributed by atoms with Crippen LogP contribution < -0.4 is 4.74 Å². The smallest absolute Gasteiger partial charge is 0.335 e. The summed E-state index contributed by atoms with van der Waals surface area (Å²) in [5.41, 5.74) is 3.27. The number of likely N-dealkylation sites (tertiary alicyclic amines) is 1. The van der Waals surface area contributed by atoms with Gasteiger partial charge in [0.05, 0.1) is 34.9 Å². The normalized spacial score (nSPS) is 17.6. The molecule has 39 heavy (non-hydrogen) atoms. The van der Waals surface area contributed by atoms with Crippen molar-refractivity contribution in [3.8, 4) is 5.88 Å². The average molecular weight is 551 g/mol. The Morgan fingerprint density at radius 2 is 2.00 bits per heavy atom. The maximum Gasteiger partial charge on any atom is 0.335 e. The minimum Gasteiger partial charge on any atom is -0.478 e. The summed E-state index contributed by atoms with van der Waals surface area (Å²) in [6.45, 7) is 4.10. The fourth-order valence-electron chi connectivity index (χ4n) is 5.06. The maximum absolute atomic E-state index is 14.1. The lowest BCUT2D eigenvalue weighted by molar-refractivity contribution is -0.0590. The van der Waals surface area contributed by atoms with E-state index in [0.29, 0.717) is 28.9 Å². The van der Waals surface area contributed by atoms with Crippen molar-refractivity contribution in [3.63, 3.8) is 0 Å². The van der Waals surface area contributed by atoms with Gasteiger partial charge in [0.25, 0.3) is 0 Å². The predicted molar refractivity (Wildman–Crippen MR) is 144 cm³/mol. The fraction of sp³-hybridized carbons (Fsp3) is 0.345. The molecule has 0 amide bonds. The molecule has 202 valence electrons. The van der Waals surface area contributed by atoms with Gasteiger partial charge in [-0.15, -0.1) is 0 Å². The minimum absolute atomic E-state index is 0.0805. The predicted octanol–water partition coefficient (Wildman–Crippen LogP) is 4.93. The third-order valence-electron chi connectivity index (χ3n) is 7.42. The molecule has 1 N–H and O–H groups in total. The number of ether oxygens (including phenoxy) is 2. The number of hydrogen-bond acceptors (Lipinski definition) is 6. The van der Waals surface area contributed by atoms with Crippen LogP contribution in [0.15, 0.2) is 54.6 Å². The zero-order chi connectivity index (χ0) is 26.9. The highest BCUT2D eigenvalue weighted by atomic mass is 35.5. The number of pyridine rings is 1. The van der Waals surface area contributed by atoms with Crippen LogP contribution in [-0.2, 0) is 24.3 Å². The Morgan fingerprint density at radius 3 is 2.74 bits per heavy atom. The largest absolute Gasteiger partial charge is 0.478 e. The summed E-state index contributed by atoms with van der Waals surface area (Å²) < 4.78 is 27.6. The Kier molecular flexibility index (Phi) is 7.20. The molecule has 0 radical (unpaired) electrons. The molecule has 6 rings (SSSR count). The van der Waals surface area contributed by atoms with Crippen molar-refractivity contribution >= 4 is 28.6 Å². The fourth-order valence-corrected chi connectivity index (χ4v) is 5.22. The highest BCUT2D eigenvalue weighted by molar-refractivity contribution is 6.30. The van der Waals surface area contributed by atoms with Gasteiger partial charge in [-0.2, -0.15) is 0 Å². The molecule has 0 aliphatic carbocycles. The number of carboxylic acids is 1. The van der Waals surface area contributed by atoms with Gasteiger partial charge in [0.2, 0.25) is 5.88 Å². The van der Waals surface area contributed by atoms with Crippen molar-refractivity contribution in [1.29, 1.82) is 0 Å². The number of rotatable bonds is 10. The number of fused-ring (bicyclic) bond motifs is 1. The maximum atomic E-state index is 14.1. The van der Waals surface area contributed by atoms with Gasteiger partial charge in [0.1, 0.15) is 18.2 Å². The number of aromatic carboxylic acids is 1. The van der Waals surface area contributed by atoms with Crippen LogP contribution in [0, 0.1) is 5.82 Å². The summed E-state index contributed by atoms with van der Waals surface area (Å²) in [4.78, 5) is 23.3. The molecule has 0 bridgehead atoms. The summed E-state index contributed by atoms with van der Waals surface area (Å²) in [5, 5.41) is 9.79. The van der Waals surface area contributed by atoms with E-state index in [4.69, 9.17) is 26.1 Å². The van der Waals surface area contributed by atoms with Gasteiger partial charge in [-0.3, -0.25) is 0 Å². The van der Waals surface area contributed by atoms with Crippen LogP contribution in [-0.4, -0.2) is 62.9 Å². The second kappa shape index (κ2) is 10.9. The summed E-state index contributed by atoms with van der Waals surface area (Å²) in [5.74, 6) is 0.353. The van der Waals surface area contributed by atoms with Gasteiger partial charge in [0.15, 0.2) is 0 Å². The number of imidazole rings is 1. The molecule has 2 aliphatic rings. The second-order valence-electron chi connectivity index (χ2n) is 10.1. The number of nitrogens with zero attached hydrogens (tertiary/aromatic N) is 4. The standard InChI is InChI=1S/C29H28ClFN4O4/c30-21-6-4-19(23(31)13-21)17-39-28-3-1-2-24(33-28)20-14-34(15-20)10-8-27-32-25-7-5-18(29(36)37)12-26(25)35(27)16-22-9-11-38-22/h1-7,12-13,20,22H,8-11,14-17H2,(H,36,37)/t22-/m0/s1. The van der Waals surface area contributed by atoms with Crippen molar-refractivity contribution in [1.82, 2.24) is 19.4 Å². The van der Waals surface area contributed by atoms with E-state index in [1.54, 1.807) is 36.4 Å². The number of hydrogen-bond donors (Lipinski definition) is 1. The van der Waals surface area contributed by atoms with Gasteiger partial charge in [0, 0.05) is 55.2 Å². The Hall–Kier alpha value is -3.53. The van der Waals surface area contributed by atoms with E-state index in [9.17, 15) is 14.3 Å². The van der Waals surface area contributed by atoms with Gasteiger partial charge in [-0.25, -0.2) is 19.2 Å². The van der Waals surface area contributed by atoms with Crippen molar-refractivity contribution in [2.45, 2.75) is 38.0 Å². The van der Waals surface area contributed by atoms with Crippen LogP contribution in [0.3, 0.4) is 0 Å². The molecule has 0 spiro atoms. The lowest BCUT2D eigenvalue weighted by atomic mass is 9.95. The van der Waals surface area contributed by atoms with Crippen LogP contribution in [0.25, 0.3) is 11.0 Å². The number of carbonyl (C=O) groups is 1. The van der Waals surface area contributed by atoms with Crippen molar-refractivity contribution in [2.24, 2.45) is 0 Å². The molecular formula is C29H28ClFN4O4. The molecule has 0 saturated carbocycles. The summed E-state index contributed by atoms with van der Waals surface area (Å²) in [7, 11) is 0. The third kappa shape index (κ3) is 5.61. The molecule has 2 fully saturated rings. The third-order valence-corrected chi connectivity index (χ3v) is 7.65. The average Bonchev–Trinajstić information content (AvgIpc) is 3.21. The first-order chi connectivity index (χ1) is 18.9. The highest BCUT2D eigenvalue weighted by Gasteiger charge is 2.30. The SMILES string of the molecule is O=C(O)c1ccc2nc(CCN3CC(c4cccc(OCc5ccc(Cl)cc5F)n4)C3)n(C[C@@H]3CCO3)c2c1. The van der Waals surface area contributed by atoms with Gasteiger partial charge in [-0.05, 0) is 42.8 Å². The zero-order valence-corrected chi connectivity index (χ0v) is 22.0. The first kappa shape index (κ1) is 25.7. The Morgan fingerprint density at radius 1 is 1.15 bits per heavy atom. The van der Waals surface area contributed by atoms with Crippen molar-refractivity contribution < 1.29 is 23.8 Å². The molecule has 8 nitrogen and oxygen atoms in total. The topological polar surface area (TPSA) is 89.7 Å². The molecule has 0 unspecified atom stereocenters.